The van der Waals surface area contributed by atoms with Gasteiger partial charge in [-0.1, -0.05) is 13.8 Å². The summed E-state index contributed by atoms with van der Waals surface area (Å²) >= 11 is 0. The molecule has 2 N–H and O–H groups in total. The number of fused-ring (bicyclic) bond motifs is 5. The number of Topliss-reactive ketones (excluding diaryl/α,β-unsaturated/α-hetero) is 1. The summed E-state index contributed by atoms with van der Waals surface area (Å²) in [5.41, 5.74) is 0.182. The Balaban J connectivity index is 1.67. The molecule has 4 rings (SSSR count). The molecule has 4 fully saturated rings. The molecule has 3 heteroatoms. The molecule has 0 saturated heterocycles. The van der Waals surface area contributed by atoms with Crippen LogP contribution in [0.4, 0.5) is 0 Å². The molecule has 0 radical (unpaired) electrons. The summed E-state index contributed by atoms with van der Waals surface area (Å²) < 4.78 is 0. The number of ketones is 1. The first-order chi connectivity index (χ1) is 11.3. The van der Waals surface area contributed by atoms with E-state index in [9.17, 15) is 15.0 Å². The average Bonchev–Trinajstić information content (AvgIpc) is 2.84. The van der Waals surface area contributed by atoms with Crippen molar-refractivity contribution in [2.75, 3.05) is 0 Å². The van der Waals surface area contributed by atoms with Gasteiger partial charge in [0.2, 0.25) is 0 Å². The SMILES string of the molecule is CC(=O)[C@H]1CC[C@H]2[C@@H]3CC[C@@H]4C[C@H](O)CC[C@]4(C)[C@H]3[C@@H](O)C[C@]12C. The quantitative estimate of drug-likeness (QED) is 0.771. The lowest BCUT2D eigenvalue weighted by atomic mass is 9.44. The Labute approximate surface area is 146 Å². The molecule has 4 aliphatic carbocycles. The second-order valence-corrected chi connectivity index (χ2v) is 10.0. The van der Waals surface area contributed by atoms with Gasteiger partial charge in [0, 0.05) is 5.92 Å². The van der Waals surface area contributed by atoms with Crippen LogP contribution < -0.4 is 0 Å². The fraction of sp³-hybridized carbons (Fsp3) is 0.952. The van der Waals surface area contributed by atoms with Crippen LogP contribution in [0.3, 0.4) is 0 Å². The van der Waals surface area contributed by atoms with E-state index >= 15 is 0 Å². The van der Waals surface area contributed by atoms with Gasteiger partial charge >= 0.3 is 0 Å². The fourth-order valence-corrected chi connectivity index (χ4v) is 8.03. The van der Waals surface area contributed by atoms with E-state index in [1.807, 2.05) is 0 Å². The van der Waals surface area contributed by atoms with Crippen LogP contribution >= 0.6 is 0 Å². The molecule has 4 saturated carbocycles. The number of aliphatic hydroxyl groups excluding tert-OH is 2. The summed E-state index contributed by atoms with van der Waals surface area (Å²) in [7, 11) is 0. The molecule has 0 aromatic heterocycles. The molecule has 0 heterocycles. The van der Waals surface area contributed by atoms with Crippen LogP contribution in [0.25, 0.3) is 0 Å². The Hall–Kier alpha value is -0.410. The zero-order valence-corrected chi connectivity index (χ0v) is 15.5. The predicted molar refractivity (Wildman–Crippen MR) is 93.3 cm³/mol. The van der Waals surface area contributed by atoms with E-state index in [4.69, 9.17) is 0 Å². The van der Waals surface area contributed by atoms with Crippen LogP contribution in [0.5, 0.6) is 0 Å². The lowest BCUT2D eigenvalue weighted by Gasteiger charge is -2.62. The highest BCUT2D eigenvalue weighted by Crippen LogP contribution is 2.67. The van der Waals surface area contributed by atoms with Gasteiger partial charge in [0.05, 0.1) is 12.2 Å². The maximum Gasteiger partial charge on any atom is 0.133 e. The minimum atomic E-state index is -0.278. The number of carbonyl (C=O) groups is 1. The van der Waals surface area contributed by atoms with Gasteiger partial charge in [-0.3, -0.25) is 4.79 Å². The van der Waals surface area contributed by atoms with E-state index in [1.54, 1.807) is 6.92 Å². The van der Waals surface area contributed by atoms with Gasteiger partial charge in [0.1, 0.15) is 5.78 Å². The molecule has 0 amide bonds. The Morgan fingerprint density at radius 3 is 2.46 bits per heavy atom. The number of rotatable bonds is 1. The summed E-state index contributed by atoms with van der Waals surface area (Å²) in [6, 6.07) is 0. The number of hydrogen-bond donors (Lipinski definition) is 2. The lowest BCUT2D eigenvalue weighted by molar-refractivity contribution is -0.178. The molecule has 9 atom stereocenters. The van der Waals surface area contributed by atoms with Crippen molar-refractivity contribution >= 4 is 5.78 Å². The van der Waals surface area contributed by atoms with Crippen molar-refractivity contribution in [3.05, 3.63) is 0 Å². The molecule has 24 heavy (non-hydrogen) atoms. The lowest BCUT2D eigenvalue weighted by Crippen LogP contribution is -2.59. The number of carbonyl (C=O) groups excluding carboxylic acids is 1. The second kappa shape index (κ2) is 5.54. The molecule has 0 spiro atoms. The average molecular weight is 335 g/mol. The molecule has 4 aliphatic rings. The van der Waals surface area contributed by atoms with Crippen molar-refractivity contribution in [1.82, 2.24) is 0 Å². The van der Waals surface area contributed by atoms with Crippen molar-refractivity contribution in [1.29, 1.82) is 0 Å². The summed E-state index contributed by atoms with van der Waals surface area (Å²) in [6.07, 6.45) is 7.80. The van der Waals surface area contributed by atoms with Gasteiger partial charge in [-0.15, -0.1) is 0 Å². The first-order valence-corrected chi connectivity index (χ1v) is 10.1. The Bertz CT molecular complexity index is 531. The van der Waals surface area contributed by atoms with E-state index in [-0.39, 0.29) is 29.0 Å². The first-order valence-electron chi connectivity index (χ1n) is 10.1. The van der Waals surface area contributed by atoms with Crippen LogP contribution in [-0.2, 0) is 4.79 Å². The minimum absolute atomic E-state index is 0.00376. The topological polar surface area (TPSA) is 57.5 Å². The fourth-order valence-electron chi connectivity index (χ4n) is 8.03. The van der Waals surface area contributed by atoms with E-state index in [0.29, 0.717) is 29.5 Å². The maximum atomic E-state index is 12.2. The van der Waals surface area contributed by atoms with Gasteiger partial charge in [0.15, 0.2) is 0 Å². The maximum absolute atomic E-state index is 12.2. The van der Waals surface area contributed by atoms with Crippen molar-refractivity contribution in [2.45, 2.75) is 84.3 Å². The van der Waals surface area contributed by atoms with Crippen molar-refractivity contribution in [2.24, 2.45) is 40.4 Å². The molecular weight excluding hydrogens is 300 g/mol. The second-order valence-electron chi connectivity index (χ2n) is 10.0. The molecule has 0 bridgehead atoms. The minimum Gasteiger partial charge on any atom is -0.393 e. The van der Waals surface area contributed by atoms with E-state index in [0.717, 1.165) is 38.5 Å². The zero-order valence-electron chi connectivity index (χ0n) is 15.5. The summed E-state index contributed by atoms with van der Waals surface area (Å²) in [6.45, 7) is 6.43. The van der Waals surface area contributed by atoms with Gasteiger partial charge < -0.3 is 10.2 Å². The number of hydrogen-bond acceptors (Lipinski definition) is 3. The smallest absolute Gasteiger partial charge is 0.133 e. The van der Waals surface area contributed by atoms with Crippen LogP contribution in [0.1, 0.15) is 72.1 Å². The Kier molecular flexibility index (Phi) is 3.93. The Morgan fingerprint density at radius 2 is 1.75 bits per heavy atom. The standard InChI is InChI=1S/C21H34O3/c1-12(22)16-6-7-17-15-5-4-13-10-14(23)8-9-20(13,2)19(15)18(24)11-21(16,17)3/h13-19,23-24H,4-11H2,1-3H3/t13-,14-,15+,16-,17+,18+,19-,20+,21-/m1/s1. The van der Waals surface area contributed by atoms with Gasteiger partial charge in [-0.05, 0) is 92.8 Å². The van der Waals surface area contributed by atoms with Gasteiger partial charge in [-0.2, -0.15) is 0 Å². The highest BCUT2D eigenvalue weighted by molar-refractivity contribution is 5.79. The van der Waals surface area contributed by atoms with Crippen molar-refractivity contribution < 1.29 is 15.0 Å². The third-order valence-corrected chi connectivity index (χ3v) is 9.06. The van der Waals surface area contributed by atoms with Crippen LogP contribution in [0.2, 0.25) is 0 Å². The summed E-state index contributed by atoms with van der Waals surface area (Å²) in [5.74, 6) is 2.58. The highest BCUT2D eigenvalue weighted by Gasteiger charge is 2.63. The van der Waals surface area contributed by atoms with E-state index < -0.39 is 0 Å². The van der Waals surface area contributed by atoms with Gasteiger partial charge in [0.25, 0.3) is 0 Å². The molecule has 0 aromatic rings. The van der Waals surface area contributed by atoms with Crippen LogP contribution in [0.15, 0.2) is 0 Å². The summed E-state index contributed by atoms with van der Waals surface area (Å²) in [4.78, 5) is 12.2. The molecule has 0 unspecified atom stereocenters. The molecule has 0 aromatic carbocycles. The Morgan fingerprint density at radius 1 is 1.00 bits per heavy atom. The normalized spacial score (nSPS) is 57.0. The van der Waals surface area contributed by atoms with Crippen molar-refractivity contribution in [3.8, 4) is 0 Å². The molecule has 136 valence electrons. The summed E-state index contributed by atoms with van der Waals surface area (Å²) in [5, 5.41) is 21.3. The largest absolute Gasteiger partial charge is 0.393 e. The molecule has 3 nitrogen and oxygen atoms in total. The third-order valence-electron chi connectivity index (χ3n) is 9.06. The molecular formula is C21H34O3. The van der Waals surface area contributed by atoms with E-state index in [2.05, 4.69) is 13.8 Å². The monoisotopic (exact) mass is 334 g/mol. The van der Waals surface area contributed by atoms with E-state index in [1.165, 1.54) is 12.8 Å². The first kappa shape index (κ1) is 17.0. The highest BCUT2D eigenvalue weighted by atomic mass is 16.3. The van der Waals surface area contributed by atoms with Crippen LogP contribution in [0, 0.1) is 40.4 Å². The molecule has 0 aliphatic heterocycles. The predicted octanol–water partition coefficient (Wildman–Crippen LogP) is 3.57. The zero-order chi connectivity index (χ0) is 17.3. The number of aliphatic hydroxyl groups is 2. The third kappa shape index (κ3) is 2.19. The van der Waals surface area contributed by atoms with Gasteiger partial charge in [-0.25, -0.2) is 0 Å². The van der Waals surface area contributed by atoms with Crippen molar-refractivity contribution in [3.63, 3.8) is 0 Å². The van der Waals surface area contributed by atoms with Crippen LogP contribution in [-0.4, -0.2) is 28.2 Å².